The van der Waals surface area contributed by atoms with Crippen LogP contribution in [0.4, 0.5) is 4.39 Å². The van der Waals surface area contributed by atoms with Crippen LogP contribution in [0.2, 0.25) is 0 Å². The number of aromatic nitrogens is 1. The Bertz CT molecular complexity index is 543. The molecule has 0 aliphatic rings. The van der Waals surface area contributed by atoms with E-state index >= 15 is 0 Å². The van der Waals surface area contributed by atoms with Gasteiger partial charge in [0.2, 0.25) is 0 Å². The second-order valence-corrected chi connectivity index (χ2v) is 3.77. The standard InChI is InChI=1S/C14H14FNO2/c1-2-18-11-3-4-14(15)12(7-11)13-8-16-6-5-10(13)9-17/h3-8,17H,2,9H2,1H3. The molecule has 4 heteroatoms. The monoisotopic (exact) mass is 247 g/mol. The van der Waals surface area contributed by atoms with Crippen molar-refractivity contribution in [2.24, 2.45) is 0 Å². The highest BCUT2D eigenvalue weighted by atomic mass is 19.1. The minimum absolute atomic E-state index is 0.157. The van der Waals surface area contributed by atoms with Crippen molar-refractivity contribution in [3.8, 4) is 16.9 Å². The molecule has 0 spiro atoms. The van der Waals surface area contributed by atoms with E-state index in [2.05, 4.69) is 4.98 Å². The highest BCUT2D eigenvalue weighted by Crippen LogP contribution is 2.29. The third-order valence-corrected chi connectivity index (χ3v) is 2.62. The van der Waals surface area contributed by atoms with Crippen molar-refractivity contribution in [3.63, 3.8) is 0 Å². The predicted octanol–water partition coefficient (Wildman–Crippen LogP) is 2.78. The van der Waals surface area contributed by atoms with Gasteiger partial charge in [0.1, 0.15) is 11.6 Å². The molecule has 1 N–H and O–H groups in total. The minimum atomic E-state index is -0.360. The molecule has 0 radical (unpaired) electrons. The fourth-order valence-corrected chi connectivity index (χ4v) is 1.77. The Balaban J connectivity index is 2.51. The van der Waals surface area contributed by atoms with Gasteiger partial charge in [-0.2, -0.15) is 0 Å². The molecule has 2 rings (SSSR count). The van der Waals surface area contributed by atoms with Crippen molar-refractivity contribution in [1.29, 1.82) is 0 Å². The zero-order chi connectivity index (χ0) is 13.0. The van der Waals surface area contributed by atoms with Crippen LogP contribution in [0.1, 0.15) is 12.5 Å². The molecule has 0 aliphatic carbocycles. The van der Waals surface area contributed by atoms with Crippen LogP contribution in [-0.2, 0) is 6.61 Å². The molecule has 0 aliphatic heterocycles. The molecular formula is C14H14FNO2. The predicted molar refractivity (Wildman–Crippen MR) is 66.7 cm³/mol. The van der Waals surface area contributed by atoms with E-state index in [0.717, 1.165) is 0 Å². The fraction of sp³-hybridized carbons (Fsp3) is 0.214. The molecule has 18 heavy (non-hydrogen) atoms. The topological polar surface area (TPSA) is 42.4 Å². The summed E-state index contributed by atoms with van der Waals surface area (Å²) in [4.78, 5) is 3.97. The maximum Gasteiger partial charge on any atom is 0.131 e. The Kier molecular flexibility index (Phi) is 3.89. The number of hydrogen-bond acceptors (Lipinski definition) is 3. The zero-order valence-corrected chi connectivity index (χ0v) is 10.1. The molecular weight excluding hydrogens is 233 g/mol. The summed E-state index contributed by atoms with van der Waals surface area (Å²) in [7, 11) is 0. The van der Waals surface area contributed by atoms with Crippen molar-refractivity contribution in [1.82, 2.24) is 4.98 Å². The molecule has 2 aromatic rings. The van der Waals surface area contributed by atoms with Gasteiger partial charge in [0.05, 0.1) is 13.2 Å². The molecule has 0 saturated heterocycles. The Morgan fingerprint density at radius 1 is 1.28 bits per heavy atom. The second-order valence-electron chi connectivity index (χ2n) is 3.77. The van der Waals surface area contributed by atoms with Crippen molar-refractivity contribution in [3.05, 3.63) is 48.0 Å². The molecule has 94 valence electrons. The average Bonchev–Trinajstić information content (AvgIpc) is 2.41. The molecule has 0 unspecified atom stereocenters. The van der Waals surface area contributed by atoms with Crippen molar-refractivity contribution >= 4 is 0 Å². The normalized spacial score (nSPS) is 10.4. The maximum atomic E-state index is 13.8. The van der Waals surface area contributed by atoms with Crippen LogP contribution >= 0.6 is 0 Å². The van der Waals surface area contributed by atoms with Crippen LogP contribution in [0.25, 0.3) is 11.1 Å². The number of halogens is 1. The maximum absolute atomic E-state index is 13.8. The third-order valence-electron chi connectivity index (χ3n) is 2.62. The van der Waals surface area contributed by atoms with Gasteiger partial charge in [-0.25, -0.2) is 4.39 Å². The lowest BCUT2D eigenvalue weighted by atomic mass is 10.0. The van der Waals surface area contributed by atoms with E-state index in [0.29, 0.717) is 29.0 Å². The average molecular weight is 247 g/mol. The quantitative estimate of drug-likeness (QED) is 0.903. The Morgan fingerprint density at radius 2 is 2.11 bits per heavy atom. The number of pyridine rings is 1. The van der Waals surface area contributed by atoms with Crippen LogP contribution in [0.5, 0.6) is 5.75 Å². The summed E-state index contributed by atoms with van der Waals surface area (Å²) >= 11 is 0. The summed E-state index contributed by atoms with van der Waals surface area (Å²) in [5.74, 6) is 0.239. The number of nitrogens with zero attached hydrogens (tertiary/aromatic N) is 1. The van der Waals surface area contributed by atoms with Gasteiger partial charge >= 0.3 is 0 Å². The van der Waals surface area contributed by atoms with E-state index in [1.54, 1.807) is 30.6 Å². The number of ether oxygens (including phenoxy) is 1. The first-order valence-electron chi connectivity index (χ1n) is 5.72. The van der Waals surface area contributed by atoms with E-state index in [1.165, 1.54) is 6.07 Å². The summed E-state index contributed by atoms with van der Waals surface area (Å²) in [6.45, 7) is 2.23. The van der Waals surface area contributed by atoms with Crippen molar-refractivity contribution < 1.29 is 14.2 Å². The second kappa shape index (κ2) is 5.60. The van der Waals surface area contributed by atoms with Gasteiger partial charge in [0.15, 0.2) is 0 Å². The molecule has 1 aromatic carbocycles. The van der Waals surface area contributed by atoms with Gasteiger partial charge < -0.3 is 9.84 Å². The van der Waals surface area contributed by atoms with E-state index in [4.69, 9.17) is 4.74 Å². The highest BCUT2D eigenvalue weighted by Gasteiger charge is 2.11. The van der Waals surface area contributed by atoms with Gasteiger partial charge in [0.25, 0.3) is 0 Å². The van der Waals surface area contributed by atoms with Crippen molar-refractivity contribution in [2.45, 2.75) is 13.5 Å². The summed E-state index contributed by atoms with van der Waals surface area (Å²) in [6.07, 6.45) is 3.11. The zero-order valence-electron chi connectivity index (χ0n) is 10.1. The molecule has 1 aromatic heterocycles. The SMILES string of the molecule is CCOc1ccc(F)c(-c2cnccc2CO)c1. The van der Waals surface area contributed by atoms with Gasteiger partial charge in [-0.1, -0.05) is 0 Å². The molecule has 1 heterocycles. The fourth-order valence-electron chi connectivity index (χ4n) is 1.77. The first kappa shape index (κ1) is 12.5. The third kappa shape index (κ3) is 2.49. The smallest absolute Gasteiger partial charge is 0.131 e. The summed E-state index contributed by atoms with van der Waals surface area (Å²) < 4.78 is 19.2. The first-order valence-corrected chi connectivity index (χ1v) is 5.72. The van der Waals surface area contributed by atoms with E-state index in [9.17, 15) is 9.50 Å². The van der Waals surface area contributed by atoms with E-state index < -0.39 is 0 Å². The van der Waals surface area contributed by atoms with Crippen LogP contribution in [-0.4, -0.2) is 16.7 Å². The number of benzene rings is 1. The van der Waals surface area contributed by atoms with Crippen LogP contribution in [0, 0.1) is 5.82 Å². The first-order chi connectivity index (χ1) is 8.76. The van der Waals surface area contributed by atoms with Crippen LogP contribution in [0.3, 0.4) is 0 Å². The van der Waals surface area contributed by atoms with E-state index in [-0.39, 0.29) is 12.4 Å². The van der Waals surface area contributed by atoms with E-state index in [1.807, 2.05) is 6.92 Å². The molecule has 3 nitrogen and oxygen atoms in total. The minimum Gasteiger partial charge on any atom is -0.494 e. The molecule has 0 amide bonds. The number of rotatable bonds is 4. The van der Waals surface area contributed by atoms with Gasteiger partial charge in [-0.05, 0) is 36.8 Å². The number of hydrogen-bond donors (Lipinski definition) is 1. The number of aliphatic hydroxyl groups excluding tert-OH is 1. The molecule has 0 fully saturated rings. The summed E-state index contributed by atoms with van der Waals surface area (Å²) in [6, 6.07) is 6.23. The van der Waals surface area contributed by atoms with Gasteiger partial charge in [-0.15, -0.1) is 0 Å². The van der Waals surface area contributed by atoms with Crippen LogP contribution in [0.15, 0.2) is 36.7 Å². The highest BCUT2D eigenvalue weighted by molar-refractivity contribution is 5.68. The number of aliphatic hydroxyl groups is 1. The Hall–Kier alpha value is -1.94. The largest absolute Gasteiger partial charge is 0.494 e. The van der Waals surface area contributed by atoms with Gasteiger partial charge in [-0.3, -0.25) is 4.98 Å². The van der Waals surface area contributed by atoms with Crippen molar-refractivity contribution in [2.75, 3.05) is 6.61 Å². The van der Waals surface area contributed by atoms with Crippen LogP contribution < -0.4 is 4.74 Å². The lowest BCUT2D eigenvalue weighted by molar-refractivity contribution is 0.282. The summed E-state index contributed by atoms with van der Waals surface area (Å²) in [5.41, 5.74) is 1.61. The molecule has 0 atom stereocenters. The lowest BCUT2D eigenvalue weighted by Gasteiger charge is -2.10. The van der Waals surface area contributed by atoms with Gasteiger partial charge in [0, 0.05) is 23.5 Å². The Labute approximate surface area is 105 Å². The summed E-state index contributed by atoms with van der Waals surface area (Å²) in [5, 5.41) is 9.26. The molecule has 0 saturated carbocycles. The Morgan fingerprint density at radius 3 is 2.83 bits per heavy atom. The lowest BCUT2D eigenvalue weighted by Crippen LogP contribution is -1.96. The molecule has 0 bridgehead atoms.